The molecule has 0 heterocycles. The summed E-state index contributed by atoms with van der Waals surface area (Å²) in [4.78, 5) is 25.1. The second-order valence-corrected chi connectivity index (χ2v) is 18.4. The summed E-state index contributed by atoms with van der Waals surface area (Å²) in [7, 11) is 0. The predicted octanol–water partition coefficient (Wildman–Crippen LogP) is 9.25. The zero-order chi connectivity index (χ0) is 37.1. The first-order valence-electron chi connectivity index (χ1n) is 21.7. The van der Waals surface area contributed by atoms with Crippen molar-refractivity contribution < 1.29 is 19.4 Å². The topological polar surface area (TPSA) is 114 Å². The highest BCUT2D eigenvalue weighted by Crippen LogP contribution is 2.68. The Hall–Kier alpha value is -1.96. The fourth-order valence-electron chi connectivity index (χ4n) is 12.1. The molecule has 4 saturated carbocycles. The van der Waals surface area contributed by atoms with E-state index in [2.05, 4.69) is 31.4 Å². The molecule has 4 aliphatic carbocycles. The molecule has 4 fully saturated rings. The van der Waals surface area contributed by atoms with Crippen LogP contribution in [0.2, 0.25) is 0 Å². The molecule has 52 heavy (non-hydrogen) atoms. The number of unbranched alkanes of at least 4 members (excludes halogenated alkanes) is 5. The molecule has 0 saturated heterocycles. The third-order valence-corrected chi connectivity index (χ3v) is 15.2. The van der Waals surface area contributed by atoms with Gasteiger partial charge in [0.2, 0.25) is 0 Å². The van der Waals surface area contributed by atoms with E-state index in [0.717, 1.165) is 64.7 Å². The molecule has 4 aliphatic rings. The van der Waals surface area contributed by atoms with Gasteiger partial charge in [0, 0.05) is 12.0 Å². The van der Waals surface area contributed by atoms with Gasteiger partial charge in [0.15, 0.2) is 0 Å². The number of hydrogen-bond acceptors (Lipinski definition) is 6. The maximum absolute atomic E-state index is 13.7. The van der Waals surface area contributed by atoms with Crippen LogP contribution >= 0.6 is 0 Å². The van der Waals surface area contributed by atoms with Crippen LogP contribution in [0.1, 0.15) is 154 Å². The minimum Gasteiger partial charge on any atom is -0.481 e. The molecule has 5 N–H and O–H groups in total. The number of carboxylic acids is 1. The van der Waals surface area contributed by atoms with Crippen molar-refractivity contribution in [3.05, 3.63) is 35.9 Å². The Morgan fingerprint density at radius 1 is 0.827 bits per heavy atom. The van der Waals surface area contributed by atoms with Crippen molar-refractivity contribution in [1.82, 2.24) is 10.6 Å². The van der Waals surface area contributed by atoms with Crippen LogP contribution in [-0.2, 0) is 9.53 Å². The lowest BCUT2D eigenvalue weighted by atomic mass is 9.43. The lowest BCUT2D eigenvalue weighted by Crippen LogP contribution is -2.60. The average Bonchev–Trinajstić information content (AvgIpc) is 3.49. The van der Waals surface area contributed by atoms with Gasteiger partial charge >= 0.3 is 11.9 Å². The Balaban J connectivity index is 1.19. The van der Waals surface area contributed by atoms with Crippen molar-refractivity contribution >= 4 is 11.9 Å². The molecule has 5 unspecified atom stereocenters. The van der Waals surface area contributed by atoms with Gasteiger partial charge < -0.3 is 26.2 Å². The van der Waals surface area contributed by atoms with Crippen LogP contribution in [-0.4, -0.2) is 55.4 Å². The minimum atomic E-state index is -0.678. The van der Waals surface area contributed by atoms with Gasteiger partial charge in [0.25, 0.3) is 0 Å². The second kappa shape index (κ2) is 19.6. The van der Waals surface area contributed by atoms with Crippen LogP contribution in [0.15, 0.2) is 30.3 Å². The number of nitrogens with one attached hydrogen (secondary N) is 2. The smallest absolute Gasteiger partial charge is 0.338 e. The zero-order valence-electron chi connectivity index (χ0n) is 33.4. The van der Waals surface area contributed by atoms with Crippen LogP contribution in [0.25, 0.3) is 0 Å². The molecule has 1 aromatic carbocycles. The predicted molar refractivity (Wildman–Crippen MR) is 212 cm³/mol. The third kappa shape index (κ3) is 10.0. The van der Waals surface area contributed by atoms with E-state index >= 15 is 0 Å². The highest BCUT2D eigenvalue weighted by Gasteiger charge is 2.63. The average molecular weight is 722 g/mol. The number of benzene rings is 1. The Morgan fingerprint density at radius 3 is 2.27 bits per heavy atom. The molecule has 0 aliphatic heterocycles. The molecule has 0 aromatic heterocycles. The van der Waals surface area contributed by atoms with Crippen molar-refractivity contribution in [2.45, 2.75) is 155 Å². The Bertz CT molecular complexity index is 1240. The number of carbonyl (C=O) groups excluding carboxylic acids is 1. The molecule has 7 heteroatoms. The Labute approximate surface area is 316 Å². The SMILES string of the molecule is CC(CCC[C@@H](C)[C@H]1CCC2C3C(OC(=O)c4ccccc4)C[C@H]4C[C@@H](NCCCNCCCCCCCCN)CC[C@]4(C)C3CC[C@@]21C)C(=O)O. The van der Waals surface area contributed by atoms with Crippen molar-refractivity contribution in [2.75, 3.05) is 26.2 Å². The number of ether oxygens (including phenoxy) is 1. The van der Waals surface area contributed by atoms with Crippen molar-refractivity contribution in [3.63, 3.8) is 0 Å². The van der Waals surface area contributed by atoms with Gasteiger partial charge in [-0.2, -0.15) is 0 Å². The largest absolute Gasteiger partial charge is 0.481 e. The lowest BCUT2D eigenvalue weighted by molar-refractivity contribution is -0.168. The fourth-order valence-corrected chi connectivity index (χ4v) is 12.1. The second-order valence-electron chi connectivity index (χ2n) is 18.4. The van der Waals surface area contributed by atoms with Gasteiger partial charge in [0.1, 0.15) is 6.10 Å². The maximum atomic E-state index is 13.7. The summed E-state index contributed by atoms with van der Waals surface area (Å²) < 4.78 is 6.69. The Kier molecular flexibility index (Phi) is 15.5. The number of carboxylic acid groups (broad SMARTS) is 1. The summed E-state index contributed by atoms with van der Waals surface area (Å²) in [6.45, 7) is 13.6. The molecule has 0 amide bonds. The first-order chi connectivity index (χ1) is 25.1. The number of rotatable bonds is 21. The molecule has 11 atom stereocenters. The van der Waals surface area contributed by atoms with Crippen LogP contribution in [0.4, 0.5) is 0 Å². The molecule has 0 spiro atoms. The number of hydrogen-bond donors (Lipinski definition) is 4. The van der Waals surface area contributed by atoms with E-state index in [-0.39, 0.29) is 23.4 Å². The zero-order valence-corrected chi connectivity index (χ0v) is 33.4. The number of carbonyl (C=O) groups is 2. The molecule has 0 bridgehead atoms. The summed E-state index contributed by atoms with van der Waals surface area (Å²) in [5.41, 5.74) is 6.81. The molecule has 5 rings (SSSR count). The summed E-state index contributed by atoms with van der Waals surface area (Å²) in [6, 6.07) is 10.2. The first kappa shape index (κ1) is 41.2. The fraction of sp³-hybridized carbons (Fsp3) is 0.822. The summed E-state index contributed by atoms with van der Waals surface area (Å²) in [6.07, 6.45) is 21.3. The summed E-state index contributed by atoms with van der Waals surface area (Å²) in [5.74, 6) is 2.27. The quantitative estimate of drug-likeness (QED) is 0.0740. The van der Waals surface area contributed by atoms with E-state index < -0.39 is 5.97 Å². The van der Waals surface area contributed by atoms with E-state index in [9.17, 15) is 14.7 Å². The third-order valence-electron chi connectivity index (χ3n) is 15.2. The van der Waals surface area contributed by atoms with Gasteiger partial charge in [-0.3, -0.25) is 4.79 Å². The standard InChI is InChI=1S/C45H75N3O4/c1-32(16-14-17-33(2)42(49)50)37-20-21-38-41-39(23-25-45(37,38)4)44(3)24-22-36(48-29-15-28-47-27-13-8-6-5-7-12-26-46)30-35(44)31-40(41)52-43(51)34-18-10-9-11-19-34/h9-11,18-19,32-33,35-41,47-48H,5-8,12-17,20-31,46H2,1-4H3,(H,49,50)/t32-,33?,35-,36+,37-,38?,39?,40?,41?,44+,45-/m1/s1. The summed E-state index contributed by atoms with van der Waals surface area (Å²) >= 11 is 0. The molecular weight excluding hydrogens is 647 g/mol. The van der Waals surface area contributed by atoms with E-state index in [1.807, 2.05) is 37.3 Å². The van der Waals surface area contributed by atoms with E-state index in [1.54, 1.807) is 0 Å². The van der Waals surface area contributed by atoms with E-state index in [0.29, 0.717) is 52.5 Å². The van der Waals surface area contributed by atoms with E-state index in [1.165, 1.54) is 77.0 Å². The molecule has 0 radical (unpaired) electrons. The number of esters is 1. The van der Waals surface area contributed by atoms with Crippen molar-refractivity contribution in [1.29, 1.82) is 0 Å². The Morgan fingerprint density at radius 2 is 1.52 bits per heavy atom. The van der Waals surface area contributed by atoms with Gasteiger partial charge in [0.05, 0.1) is 11.5 Å². The van der Waals surface area contributed by atoms with Gasteiger partial charge in [-0.25, -0.2) is 4.79 Å². The molecule has 294 valence electrons. The van der Waals surface area contributed by atoms with Gasteiger partial charge in [-0.05, 0) is 156 Å². The number of nitrogens with two attached hydrogens (primary N) is 1. The highest BCUT2D eigenvalue weighted by molar-refractivity contribution is 5.89. The van der Waals surface area contributed by atoms with Crippen LogP contribution < -0.4 is 16.4 Å². The van der Waals surface area contributed by atoms with Crippen molar-refractivity contribution in [3.8, 4) is 0 Å². The van der Waals surface area contributed by atoms with Crippen LogP contribution in [0.3, 0.4) is 0 Å². The highest BCUT2D eigenvalue weighted by atomic mass is 16.5. The van der Waals surface area contributed by atoms with Crippen molar-refractivity contribution in [2.24, 2.45) is 58.0 Å². The number of fused-ring (bicyclic) bond motifs is 5. The van der Waals surface area contributed by atoms with E-state index in [4.69, 9.17) is 10.5 Å². The monoisotopic (exact) mass is 722 g/mol. The normalized spacial score (nSPS) is 33.8. The minimum absolute atomic E-state index is 0.0329. The molecule has 7 nitrogen and oxygen atoms in total. The van der Waals surface area contributed by atoms with Crippen LogP contribution in [0.5, 0.6) is 0 Å². The lowest BCUT2D eigenvalue weighted by Gasteiger charge is -2.63. The van der Waals surface area contributed by atoms with Gasteiger partial charge in [-0.1, -0.05) is 84.4 Å². The number of aliphatic carboxylic acids is 1. The maximum Gasteiger partial charge on any atom is 0.338 e. The molecule has 1 aromatic rings. The molecular formula is C45H75N3O4. The van der Waals surface area contributed by atoms with Gasteiger partial charge in [-0.15, -0.1) is 0 Å². The van der Waals surface area contributed by atoms with Crippen LogP contribution in [0, 0.1) is 52.3 Å². The first-order valence-corrected chi connectivity index (χ1v) is 21.7. The summed E-state index contributed by atoms with van der Waals surface area (Å²) in [5, 5.41) is 17.0.